The second kappa shape index (κ2) is 5.23. The molecule has 0 radical (unpaired) electrons. The number of para-hydroxylation sites is 1. The van der Waals surface area contributed by atoms with Crippen molar-refractivity contribution >= 4 is 5.82 Å². The van der Waals surface area contributed by atoms with Crippen LogP contribution in [0.2, 0.25) is 0 Å². The van der Waals surface area contributed by atoms with Gasteiger partial charge in [0, 0.05) is 11.0 Å². The van der Waals surface area contributed by atoms with Crippen molar-refractivity contribution in [2.45, 2.75) is 32.8 Å². The third-order valence-corrected chi connectivity index (χ3v) is 2.98. The minimum Gasteiger partial charge on any atom is -0.434 e. The molecule has 0 aliphatic carbocycles. The number of nitrogen functional groups attached to an aromatic ring is 2. The molecule has 2 rings (SSSR count). The van der Waals surface area contributed by atoms with Gasteiger partial charge in [-0.05, 0) is 12.1 Å². The third-order valence-electron chi connectivity index (χ3n) is 2.98. The number of alkyl halides is 2. The van der Waals surface area contributed by atoms with Crippen LogP contribution in [0.1, 0.15) is 26.6 Å². The lowest BCUT2D eigenvalue weighted by Gasteiger charge is -2.17. The molecule has 0 saturated carbocycles. The van der Waals surface area contributed by atoms with Crippen LogP contribution in [0.5, 0.6) is 5.75 Å². The summed E-state index contributed by atoms with van der Waals surface area (Å²) in [6, 6.07) is 6.34. The molecule has 1 heterocycles. The van der Waals surface area contributed by atoms with Gasteiger partial charge < -0.3 is 16.3 Å². The molecule has 5 nitrogen and oxygen atoms in total. The van der Waals surface area contributed by atoms with Crippen molar-refractivity contribution in [3.63, 3.8) is 0 Å². The van der Waals surface area contributed by atoms with Crippen molar-refractivity contribution in [2.24, 2.45) is 0 Å². The van der Waals surface area contributed by atoms with Crippen molar-refractivity contribution in [2.75, 3.05) is 11.6 Å². The van der Waals surface area contributed by atoms with Crippen molar-refractivity contribution in [3.8, 4) is 17.0 Å². The fraction of sp³-hybridized carbons (Fsp3) is 0.357. The molecule has 0 atom stereocenters. The maximum absolute atomic E-state index is 12.5. The Labute approximate surface area is 121 Å². The predicted octanol–water partition coefficient (Wildman–Crippen LogP) is 2.74. The van der Waals surface area contributed by atoms with Gasteiger partial charge in [-0.3, -0.25) is 0 Å². The van der Waals surface area contributed by atoms with Crippen LogP contribution in [0.15, 0.2) is 24.3 Å². The number of benzene rings is 1. The minimum absolute atomic E-state index is 0.0118. The highest BCUT2D eigenvalue weighted by atomic mass is 19.3. The van der Waals surface area contributed by atoms with E-state index in [1.807, 2.05) is 20.8 Å². The molecule has 0 fully saturated rings. The zero-order valence-electron chi connectivity index (χ0n) is 12.1. The average molecular weight is 296 g/mol. The van der Waals surface area contributed by atoms with E-state index in [-0.39, 0.29) is 17.0 Å². The topological polar surface area (TPSA) is 79.1 Å². The van der Waals surface area contributed by atoms with E-state index >= 15 is 0 Å². The summed E-state index contributed by atoms with van der Waals surface area (Å²) in [4.78, 5) is 4.41. The lowest BCUT2D eigenvalue weighted by molar-refractivity contribution is -0.0494. The molecule has 0 saturated heterocycles. The predicted molar refractivity (Wildman–Crippen MR) is 77.6 cm³/mol. The van der Waals surface area contributed by atoms with Gasteiger partial charge in [0.2, 0.25) is 0 Å². The standard InChI is InChI=1S/C14H18F2N4O/c1-14(2,3)12-19-10(11(17)20(12)18)8-6-4-5-7-9(8)21-13(15)16/h4-7,13H,17-18H2,1-3H3. The number of anilines is 1. The Balaban J connectivity index is 2.58. The molecule has 21 heavy (non-hydrogen) atoms. The second-order valence-corrected chi connectivity index (χ2v) is 5.66. The Hall–Kier alpha value is -2.31. The third kappa shape index (κ3) is 2.91. The maximum atomic E-state index is 12.5. The average Bonchev–Trinajstić information content (AvgIpc) is 2.66. The number of ether oxygens (including phenoxy) is 1. The zero-order valence-corrected chi connectivity index (χ0v) is 12.1. The summed E-state index contributed by atoms with van der Waals surface area (Å²) in [5, 5.41) is 0. The van der Waals surface area contributed by atoms with Gasteiger partial charge in [-0.15, -0.1) is 0 Å². The normalized spacial score (nSPS) is 11.9. The molecule has 0 spiro atoms. The maximum Gasteiger partial charge on any atom is 0.387 e. The lowest BCUT2D eigenvalue weighted by Crippen LogP contribution is -2.24. The van der Waals surface area contributed by atoms with Gasteiger partial charge in [-0.1, -0.05) is 32.9 Å². The summed E-state index contributed by atoms with van der Waals surface area (Å²) >= 11 is 0. The minimum atomic E-state index is -2.92. The Kier molecular flexibility index (Phi) is 3.76. The van der Waals surface area contributed by atoms with E-state index in [0.29, 0.717) is 17.1 Å². The van der Waals surface area contributed by atoms with E-state index < -0.39 is 6.61 Å². The summed E-state index contributed by atoms with van der Waals surface area (Å²) in [5.74, 6) is 6.69. The molecule has 0 unspecified atom stereocenters. The van der Waals surface area contributed by atoms with Crippen LogP contribution in [0.25, 0.3) is 11.3 Å². The van der Waals surface area contributed by atoms with Crippen molar-refractivity contribution < 1.29 is 13.5 Å². The molecular formula is C14H18F2N4O. The van der Waals surface area contributed by atoms with Gasteiger partial charge >= 0.3 is 6.61 Å². The molecule has 114 valence electrons. The second-order valence-electron chi connectivity index (χ2n) is 5.66. The lowest BCUT2D eigenvalue weighted by atomic mass is 9.96. The largest absolute Gasteiger partial charge is 0.434 e. The highest BCUT2D eigenvalue weighted by Gasteiger charge is 2.26. The van der Waals surface area contributed by atoms with E-state index in [1.165, 1.54) is 10.7 Å². The fourth-order valence-corrected chi connectivity index (χ4v) is 2.03. The molecule has 7 heteroatoms. The number of imidazole rings is 1. The van der Waals surface area contributed by atoms with Gasteiger partial charge in [0.1, 0.15) is 17.3 Å². The molecule has 0 bridgehead atoms. The summed E-state index contributed by atoms with van der Waals surface area (Å²) in [6.45, 7) is 2.88. The first-order chi connectivity index (χ1) is 9.71. The molecule has 2 aromatic rings. The number of aromatic nitrogens is 2. The number of nitrogens with zero attached hydrogens (tertiary/aromatic N) is 2. The van der Waals surface area contributed by atoms with Crippen LogP contribution in [0, 0.1) is 0 Å². The number of halogens is 2. The number of nitrogens with two attached hydrogens (primary N) is 2. The van der Waals surface area contributed by atoms with Gasteiger partial charge in [0.05, 0.1) is 0 Å². The number of hydrogen-bond donors (Lipinski definition) is 2. The van der Waals surface area contributed by atoms with Crippen molar-refractivity contribution in [1.82, 2.24) is 9.66 Å². The van der Waals surface area contributed by atoms with Crippen molar-refractivity contribution in [1.29, 1.82) is 0 Å². The van der Waals surface area contributed by atoms with Gasteiger partial charge in [-0.2, -0.15) is 8.78 Å². The van der Waals surface area contributed by atoms with Crippen LogP contribution in [-0.2, 0) is 5.41 Å². The zero-order chi connectivity index (χ0) is 15.8. The summed E-state index contributed by atoms with van der Waals surface area (Å²) in [6.07, 6.45) is 0. The SMILES string of the molecule is CC(C)(C)c1nc(-c2ccccc2OC(F)F)c(N)n1N. The Morgan fingerprint density at radius 2 is 1.86 bits per heavy atom. The first-order valence-corrected chi connectivity index (χ1v) is 6.39. The summed E-state index contributed by atoms with van der Waals surface area (Å²) < 4.78 is 30.8. The van der Waals surface area contributed by atoms with E-state index in [4.69, 9.17) is 11.6 Å². The van der Waals surface area contributed by atoms with Gasteiger partial charge in [0.15, 0.2) is 5.82 Å². The smallest absolute Gasteiger partial charge is 0.387 e. The first-order valence-electron chi connectivity index (χ1n) is 6.39. The molecule has 1 aromatic heterocycles. The van der Waals surface area contributed by atoms with E-state index in [1.54, 1.807) is 18.2 Å². The Bertz CT molecular complexity index is 647. The van der Waals surface area contributed by atoms with Crippen LogP contribution in [-0.4, -0.2) is 16.3 Å². The van der Waals surface area contributed by atoms with Gasteiger partial charge in [0.25, 0.3) is 0 Å². The van der Waals surface area contributed by atoms with E-state index in [0.717, 1.165) is 0 Å². The Morgan fingerprint density at radius 3 is 2.38 bits per heavy atom. The van der Waals surface area contributed by atoms with Crippen LogP contribution in [0.4, 0.5) is 14.6 Å². The van der Waals surface area contributed by atoms with Gasteiger partial charge in [-0.25, -0.2) is 9.66 Å². The quantitative estimate of drug-likeness (QED) is 0.854. The highest BCUT2D eigenvalue weighted by molar-refractivity contribution is 5.76. The number of hydrogen-bond acceptors (Lipinski definition) is 4. The van der Waals surface area contributed by atoms with E-state index in [9.17, 15) is 8.78 Å². The van der Waals surface area contributed by atoms with E-state index in [2.05, 4.69) is 9.72 Å². The molecule has 0 amide bonds. The molecular weight excluding hydrogens is 278 g/mol. The van der Waals surface area contributed by atoms with Crippen molar-refractivity contribution in [3.05, 3.63) is 30.1 Å². The molecule has 1 aromatic carbocycles. The fourth-order valence-electron chi connectivity index (χ4n) is 2.03. The summed E-state index contributed by atoms with van der Waals surface area (Å²) in [5.41, 5.74) is 6.34. The molecule has 0 aliphatic heterocycles. The molecule has 4 N–H and O–H groups in total. The summed E-state index contributed by atoms with van der Waals surface area (Å²) in [7, 11) is 0. The highest BCUT2D eigenvalue weighted by Crippen LogP contribution is 2.35. The van der Waals surface area contributed by atoms with Crippen LogP contribution < -0.4 is 16.3 Å². The Morgan fingerprint density at radius 1 is 1.24 bits per heavy atom. The van der Waals surface area contributed by atoms with Crippen LogP contribution in [0.3, 0.4) is 0 Å². The van der Waals surface area contributed by atoms with Crippen LogP contribution >= 0.6 is 0 Å². The number of rotatable bonds is 3. The monoisotopic (exact) mass is 296 g/mol. The molecule has 0 aliphatic rings. The first kappa shape index (κ1) is 15.1.